The molecule has 2 N–H and O–H groups in total. The first-order valence-corrected chi connectivity index (χ1v) is 9.42. The largest absolute Gasteiger partial charge is 0.492 e. The summed E-state index contributed by atoms with van der Waals surface area (Å²) in [5, 5.41) is 6.31. The van der Waals surface area contributed by atoms with Crippen LogP contribution < -0.4 is 20.3 Å². The van der Waals surface area contributed by atoms with Crippen molar-refractivity contribution < 1.29 is 14.3 Å². The van der Waals surface area contributed by atoms with Gasteiger partial charge in [0, 0.05) is 52.2 Å². The maximum absolute atomic E-state index is 12.5. The van der Waals surface area contributed by atoms with Gasteiger partial charge >= 0.3 is 0 Å². The Kier molecular flexibility index (Phi) is 6.46. The van der Waals surface area contributed by atoms with Crippen LogP contribution in [-0.4, -0.2) is 69.1 Å². The van der Waals surface area contributed by atoms with Crippen molar-refractivity contribution in [1.82, 2.24) is 15.5 Å². The van der Waals surface area contributed by atoms with Crippen LogP contribution in [-0.2, 0) is 9.59 Å². The first kappa shape index (κ1) is 18.7. The van der Waals surface area contributed by atoms with E-state index in [0.717, 1.165) is 38.4 Å². The molecule has 2 fully saturated rings. The van der Waals surface area contributed by atoms with Crippen LogP contribution in [0.15, 0.2) is 24.3 Å². The molecule has 1 aromatic rings. The number of carbonyl (C=O) groups is 2. The molecule has 2 aliphatic rings. The maximum Gasteiger partial charge on any atom is 0.227 e. The number of hydrogen-bond donors (Lipinski definition) is 2. The quantitative estimate of drug-likeness (QED) is 0.739. The molecule has 1 aromatic carbocycles. The van der Waals surface area contributed by atoms with E-state index in [0.29, 0.717) is 25.4 Å². The smallest absolute Gasteiger partial charge is 0.227 e. The van der Waals surface area contributed by atoms with E-state index in [9.17, 15) is 9.59 Å². The van der Waals surface area contributed by atoms with Crippen LogP contribution in [0.25, 0.3) is 0 Å². The van der Waals surface area contributed by atoms with E-state index in [1.165, 1.54) is 0 Å². The molecule has 0 aromatic heterocycles. The minimum Gasteiger partial charge on any atom is -0.492 e. The van der Waals surface area contributed by atoms with Crippen LogP contribution >= 0.6 is 0 Å². The molecule has 0 saturated carbocycles. The minimum atomic E-state index is -0.305. The molecule has 1 atom stereocenters. The number of carbonyl (C=O) groups excluding carboxylic acids is 2. The highest BCUT2D eigenvalue weighted by Gasteiger charge is 2.36. The topological polar surface area (TPSA) is 73.9 Å². The second-order valence-electron chi connectivity index (χ2n) is 6.69. The lowest BCUT2D eigenvalue weighted by molar-refractivity contribution is -0.126. The van der Waals surface area contributed by atoms with Crippen LogP contribution in [0.1, 0.15) is 13.3 Å². The van der Waals surface area contributed by atoms with E-state index in [1.807, 2.05) is 31.2 Å². The van der Waals surface area contributed by atoms with Gasteiger partial charge in [0.15, 0.2) is 0 Å². The zero-order valence-electron chi connectivity index (χ0n) is 15.4. The molecule has 2 aliphatic heterocycles. The molecule has 142 valence electrons. The van der Waals surface area contributed by atoms with Crippen LogP contribution in [0, 0.1) is 5.92 Å². The van der Waals surface area contributed by atoms with Crippen molar-refractivity contribution in [3.8, 4) is 5.75 Å². The standard InChI is InChI=1S/C19H28N4O3/c1-2-26-17-6-4-3-5-16(17)23-14-15(13-18(23)24)19(25)21-9-12-22-10-7-20-8-11-22/h3-6,15,20H,2,7-14H2,1H3,(H,21,25). The Labute approximate surface area is 154 Å². The Hall–Kier alpha value is -2.12. The Bertz CT molecular complexity index is 631. The van der Waals surface area contributed by atoms with Gasteiger partial charge < -0.3 is 20.3 Å². The van der Waals surface area contributed by atoms with Crippen molar-refractivity contribution >= 4 is 17.5 Å². The zero-order chi connectivity index (χ0) is 18.4. The molecule has 0 radical (unpaired) electrons. The number of benzene rings is 1. The summed E-state index contributed by atoms with van der Waals surface area (Å²) in [5.74, 6) is 0.313. The third-order valence-electron chi connectivity index (χ3n) is 4.89. The molecule has 7 nitrogen and oxygen atoms in total. The summed E-state index contributed by atoms with van der Waals surface area (Å²) < 4.78 is 5.62. The van der Waals surface area contributed by atoms with E-state index in [4.69, 9.17) is 4.74 Å². The second-order valence-corrected chi connectivity index (χ2v) is 6.69. The van der Waals surface area contributed by atoms with Crippen LogP contribution in [0.2, 0.25) is 0 Å². The average Bonchev–Trinajstić information content (AvgIpc) is 3.05. The van der Waals surface area contributed by atoms with E-state index in [2.05, 4.69) is 15.5 Å². The highest BCUT2D eigenvalue weighted by atomic mass is 16.5. The van der Waals surface area contributed by atoms with Gasteiger partial charge in [0.1, 0.15) is 5.75 Å². The predicted octanol–water partition coefficient (Wildman–Crippen LogP) is 0.460. The van der Waals surface area contributed by atoms with E-state index >= 15 is 0 Å². The highest BCUT2D eigenvalue weighted by Crippen LogP contribution is 2.33. The first-order chi connectivity index (χ1) is 12.7. The van der Waals surface area contributed by atoms with Gasteiger partial charge in [-0.15, -0.1) is 0 Å². The Morgan fingerprint density at radius 1 is 1.31 bits per heavy atom. The number of para-hydroxylation sites is 2. The minimum absolute atomic E-state index is 0.0283. The molecule has 2 amide bonds. The number of amides is 2. The molecule has 2 heterocycles. The SMILES string of the molecule is CCOc1ccccc1N1CC(C(=O)NCCN2CCNCC2)CC1=O. The number of hydrogen-bond acceptors (Lipinski definition) is 5. The Morgan fingerprint density at radius 2 is 2.08 bits per heavy atom. The predicted molar refractivity (Wildman–Crippen MR) is 100 cm³/mol. The summed E-state index contributed by atoms with van der Waals surface area (Å²) in [6.07, 6.45) is 0.250. The summed E-state index contributed by atoms with van der Waals surface area (Å²) >= 11 is 0. The Morgan fingerprint density at radius 3 is 2.85 bits per heavy atom. The van der Waals surface area contributed by atoms with Gasteiger partial charge in [0.25, 0.3) is 0 Å². The monoisotopic (exact) mass is 360 g/mol. The molecule has 0 spiro atoms. The number of anilines is 1. The third kappa shape index (κ3) is 4.53. The number of piperazine rings is 1. The number of nitrogens with zero attached hydrogens (tertiary/aromatic N) is 2. The molecule has 0 bridgehead atoms. The fraction of sp³-hybridized carbons (Fsp3) is 0.579. The van der Waals surface area contributed by atoms with Gasteiger partial charge in [-0.25, -0.2) is 0 Å². The summed E-state index contributed by atoms with van der Waals surface area (Å²) in [4.78, 5) is 28.9. The van der Waals surface area contributed by atoms with Gasteiger partial charge in [-0.3, -0.25) is 14.5 Å². The van der Waals surface area contributed by atoms with Crippen molar-refractivity contribution in [2.75, 3.05) is 57.3 Å². The van der Waals surface area contributed by atoms with Crippen molar-refractivity contribution in [2.45, 2.75) is 13.3 Å². The number of rotatable bonds is 7. The van der Waals surface area contributed by atoms with Gasteiger partial charge in [-0.2, -0.15) is 0 Å². The van der Waals surface area contributed by atoms with E-state index < -0.39 is 0 Å². The maximum atomic E-state index is 12.5. The summed E-state index contributed by atoms with van der Waals surface area (Å²) in [6.45, 7) is 8.36. The second kappa shape index (κ2) is 9.00. The third-order valence-corrected chi connectivity index (χ3v) is 4.89. The Balaban J connectivity index is 1.53. The molecular formula is C19H28N4O3. The first-order valence-electron chi connectivity index (χ1n) is 9.42. The van der Waals surface area contributed by atoms with Crippen LogP contribution in [0.3, 0.4) is 0 Å². The normalized spacial score (nSPS) is 21.0. The lowest BCUT2D eigenvalue weighted by atomic mass is 10.1. The molecular weight excluding hydrogens is 332 g/mol. The van der Waals surface area contributed by atoms with E-state index in [-0.39, 0.29) is 24.2 Å². The van der Waals surface area contributed by atoms with Gasteiger partial charge in [-0.05, 0) is 19.1 Å². The van der Waals surface area contributed by atoms with Crippen molar-refractivity contribution in [3.63, 3.8) is 0 Å². The average molecular weight is 360 g/mol. The van der Waals surface area contributed by atoms with Crippen LogP contribution in [0.4, 0.5) is 5.69 Å². The van der Waals surface area contributed by atoms with Crippen molar-refractivity contribution in [2.24, 2.45) is 5.92 Å². The summed E-state index contributed by atoms with van der Waals surface area (Å²) in [6, 6.07) is 7.49. The highest BCUT2D eigenvalue weighted by molar-refractivity contribution is 6.01. The molecule has 1 unspecified atom stereocenters. The lowest BCUT2D eigenvalue weighted by Crippen LogP contribution is -2.46. The zero-order valence-corrected chi connectivity index (χ0v) is 15.4. The molecule has 2 saturated heterocycles. The van der Waals surface area contributed by atoms with E-state index in [1.54, 1.807) is 4.90 Å². The van der Waals surface area contributed by atoms with Crippen molar-refractivity contribution in [3.05, 3.63) is 24.3 Å². The summed E-state index contributed by atoms with van der Waals surface area (Å²) in [7, 11) is 0. The van der Waals surface area contributed by atoms with Gasteiger partial charge in [0.2, 0.25) is 11.8 Å². The number of nitrogens with one attached hydrogen (secondary N) is 2. The van der Waals surface area contributed by atoms with Gasteiger partial charge in [-0.1, -0.05) is 12.1 Å². The molecule has 7 heteroatoms. The molecule has 0 aliphatic carbocycles. The fourth-order valence-electron chi connectivity index (χ4n) is 3.49. The number of ether oxygens (including phenoxy) is 1. The lowest BCUT2D eigenvalue weighted by Gasteiger charge is -2.27. The van der Waals surface area contributed by atoms with Gasteiger partial charge in [0.05, 0.1) is 18.2 Å². The fourth-order valence-corrected chi connectivity index (χ4v) is 3.49. The summed E-state index contributed by atoms with van der Waals surface area (Å²) in [5.41, 5.74) is 0.746. The van der Waals surface area contributed by atoms with Crippen molar-refractivity contribution in [1.29, 1.82) is 0 Å². The molecule has 3 rings (SSSR count). The molecule has 26 heavy (non-hydrogen) atoms. The van der Waals surface area contributed by atoms with Crippen LogP contribution in [0.5, 0.6) is 5.75 Å².